The van der Waals surface area contributed by atoms with E-state index in [0.29, 0.717) is 11.2 Å². The first kappa shape index (κ1) is 11.1. The summed E-state index contributed by atoms with van der Waals surface area (Å²) < 4.78 is 6.67. The first-order valence-electron chi connectivity index (χ1n) is 4.72. The number of ether oxygens (including phenoxy) is 1. The van der Waals surface area contributed by atoms with Gasteiger partial charge in [0.2, 0.25) is 0 Å². The molecule has 0 atom stereocenters. The van der Waals surface area contributed by atoms with Gasteiger partial charge in [-0.3, -0.25) is 4.57 Å². The van der Waals surface area contributed by atoms with Crippen molar-refractivity contribution in [3.63, 3.8) is 0 Å². The van der Waals surface area contributed by atoms with E-state index in [1.54, 1.807) is 0 Å². The standard InChI is InChI=1S/C10H11N5O2/c1-6(3-16)17-7(2)15-5-14-8-9(11)12-4-13-10(8)15/h4-5,16H,1-3H2,(H2,11,12,13). The van der Waals surface area contributed by atoms with E-state index in [0.717, 1.165) is 0 Å². The average Bonchev–Trinajstić information content (AvgIpc) is 2.74. The van der Waals surface area contributed by atoms with Crippen LogP contribution in [0.1, 0.15) is 0 Å². The summed E-state index contributed by atoms with van der Waals surface area (Å²) in [5.41, 5.74) is 6.59. The van der Waals surface area contributed by atoms with Gasteiger partial charge in [0, 0.05) is 0 Å². The molecule has 0 radical (unpaired) electrons. The van der Waals surface area contributed by atoms with Gasteiger partial charge in [-0.25, -0.2) is 15.0 Å². The zero-order valence-electron chi connectivity index (χ0n) is 9.00. The molecule has 17 heavy (non-hydrogen) atoms. The molecule has 0 spiro atoms. The number of hydrogen-bond donors (Lipinski definition) is 2. The summed E-state index contributed by atoms with van der Waals surface area (Å²) in [5.74, 6) is 0.686. The van der Waals surface area contributed by atoms with Gasteiger partial charge in [-0.1, -0.05) is 6.58 Å². The Morgan fingerprint density at radius 1 is 1.41 bits per heavy atom. The molecule has 0 aliphatic rings. The quantitative estimate of drug-likeness (QED) is 0.740. The highest BCUT2D eigenvalue weighted by molar-refractivity contribution is 5.83. The molecule has 0 fully saturated rings. The highest BCUT2D eigenvalue weighted by atomic mass is 16.5. The molecular weight excluding hydrogens is 222 g/mol. The average molecular weight is 233 g/mol. The Morgan fingerprint density at radius 3 is 2.88 bits per heavy atom. The molecule has 88 valence electrons. The van der Waals surface area contributed by atoms with Crippen LogP contribution in [0.4, 0.5) is 5.82 Å². The second-order valence-corrected chi connectivity index (χ2v) is 3.24. The maximum atomic E-state index is 8.80. The summed E-state index contributed by atoms with van der Waals surface area (Å²) in [6.07, 6.45) is 2.78. The Balaban J connectivity index is 2.40. The van der Waals surface area contributed by atoms with E-state index in [2.05, 4.69) is 28.1 Å². The van der Waals surface area contributed by atoms with Gasteiger partial charge in [0.25, 0.3) is 0 Å². The fraction of sp³-hybridized carbons (Fsp3) is 0.100. The minimum atomic E-state index is -0.289. The Bertz CT molecular complexity index is 589. The number of aliphatic hydroxyl groups is 1. The molecule has 7 nitrogen and oxygen atoms in total. The van der Waals surface area contributed by atoms with Crippen molar-refractivity contribution in [2.24, 2.45) is 0 Å². The first-order valence-corrected chi connectivity index (χ1v) is 4.72. The summed E-state index contributed by atoms with van der Waals surface area (Å²) in [5, 5.41) is 8.80. The highest BCUT2D eigenvalue weighted by Crippen LogP contribution is 2.18. The van der Waals surface area contributed by atoms with Crippen LogP contribution in [0.3, 0.4) is 0 Å². The Morgan fingerprint density at radius 2 is 2.18 bits per heavy atom. The summed E-state index contributed by atoms with van der Waals surface area (Å²) in [7, 11) is 0. The van der Waals surface area contributed by atoms with E-state index in [1.165, 1.54) is 17.2 Å². The lowest BCUT2D eigenvalue weighted by Gasteiger charge is -2.09. The lowest BCUT2D eigenvalue weighted by Crippen LogP contribution is -2.02. The SMILES string of the molecule is C=C(CO)OC(=C)n1cnc2c(N)ncnc21. The lowest BCUT2D eigenvalue weighted by molar-refractivity contribution is 0.242. The smallest absolute Gasteiger partial charge is 0.199 e. The van der Waals surface area contributed by atoms with Gasteiger partial charge in [-0.15, -0.1) is 0 Å². The molecule has 0 aliphatic heterocycles. The van der Waals surface area contributed by atoms with Crippen molar-refractivity contribution in [3.05, 3.63) is 31.6 Å². The second-order valence-electron chi connectivity index (χ2n) is 3.24. The summed E-state index contributed by atoms with van der Waals surface area (Å²) >= 11 is 0. The fourth-order valence-electron chi connectivity index (χ4n) is 1.28. The minimum Gasteiger partial charge on any atom is -0.444 e. The van der Waals surface area contributed by atoms with Gasteiger partial charge in [0.15, 0.2) is 22.9 Å². The van der Waals surface area contributed by atoms with Gasteiger partial charge in [-0.05, 0) is 6.58 Å². The third-order valence-electron chi connectivity index (χ3n) is 2.07. The van der Waals surface area contributed by atoms with Crippen molar-refractivity contribution >= 4 is 22.9 Å². The molecule has 0 aliphatic carbocycles. The third-order valence-corrected chi connectivity index (χ3v) is 2.07. The van der Waals surface area contributed by atoms with Gasteiger partial charge < -0.3 is 15.6 Å². The van der Waals surface area contributed by atoms with Crippen LogP contribution in [0.5, 0.6) is 0 Å². The maximum Gasteiger partial charge on any atom is 0.199 e. The van der Waals surface area contributed by atoms with Gasteiger partial charge in [0.05, 0.1) is 0 Å². The topological polar surface area (TPSA) is 99.1 Å². The van der Waals surface area contributed by atoms with Crippen LogP contribution in [0.15, 0.2) is 31.6 Å². The summed E-state index contributed by atoms with van der Waals surface area (Å²) in [6.45, 7) is 6.90. The normalized spacial score (nSPS) is 10.4. The lowest BCUT2D eigenvalue weighted by atomic mass is 10.5. The van der Waals surface area contributed by atoms with Crippen LogP contribution in [0, 0.1) is 0 Å². The molecule has 0 saturated heterocycles. The van der Waals surface area contributed by atoms with Crippen LogP contribution in [0.25, 0.3) is 17.0 Å². The summed E-state index contributed by atoms with van der Waals surface area (Å²) in [6, 6.07) is 0. The largest absolute Gasteiger partial charge is 0.444 e. The number of anilines is 1. The van der Waals surface area contributed by atoms with E-state index in [-0.39, 0.29) is 24.1 Å². The molecule has 2 heterocycles. The predicted octanol–water partition coefficient (Wildman–Crippen LogP) is 0.359. The van der Waals surface area contributed by atoms with Crippen molar-refractivity contribution in [1.82, 2.24) is 19.5 Å². The minimum absolute atomic E-state index is 0.180. The highest BCUT2D eigenvalue weighted by Gasteiger charge is 2.11. The van der Waals surface area contributed by atoms with Crippen molar-refractivity contribution < 1.29 is 9.84 Å². The van der Waals surface area contributed by atoms with Crippen LogP contribution in [-0.2, 0) is 4.74 Å². The summed E-state index contributed by atoms with van der Waals surface area (Å²) in [4.78, 5) is 11.9. The molecule has 2 aromatic heterocycles. The molecule has 0 unspecified atom stereocenters. The molecule has 0 saturated carbocycles. The van der Waals surface area contributed by atoms with Gasteiger partial charge >= 0.3 is 0 Å². The number of nitrogen functional groups attached to an aromatic ring is 1. The number of aromatic nitrogens is 4. The number of fused-ring (bicyclic) bond motifs is 1. The number of rotatable bonds is 4. The Labute approximate surface area is 96.9 Å². The van der Waals surface area contributed by atoms with Crippen molar-refractivity contribution in [2.75, 3.05) is 12.3 Å². The van der Waals surface area contributed by atoms with Crippen molar-refractivity contribution in [2.45, 2.75) is 0 Å². The zero-order valence-corrected chi connectivity index (χ0v) is 9.00. The second kappa shape index (κ2) is 4.22. The first-order chi connectivity index (χ1) is 8.13. The fourth-order valence-corrected chi connectivity index (χ4v) is 1.28. The van der Waals surface area contributed by atoms with Crippen LogP contribution < -0.4 is 5.73 Å². The molecular formula is C10H11N5O2. The number of imidazole rings is 1. The molecule has 2 aromatic rings. The Kier molecular flexibility index (Phi) is 2.75. The van der Waals surface area contributed by atoms with E-state index in [9.17, 15) is 0 Å². The van der Waals surface area contributed by atoms with Crippen LogP contribution >= 0.6 is 0 Å². The monoisotopic (exact) mass is 233 g/mol. The van der Waals surface area contributed by atoms with Gasteiger partial charge in [0.1, 0.15) is 25.0 Å². The zero-order chi connectivity index (χ0) is 12.4. The Hall–Kier alpha value is -2.41. The predicted molar refractivity (Wildman–Crippen MR) is 62.4 cm³/mol. The van der Waals surface area contributed by atoms with E-state index < -0.39 is 0 Å². The van der Waals surface area contributed by atoms with Crippen LogP contribution in [-0.4, -0.2) is 31.2 Å². The number of nitrogens with zero attached hydrogens (tertiary/aromatic N) is 4. The molecule has 0 bridgehead atoms. The molecule has 7 heteroatoms. The van der Waals surface area contributed by atoms with E-state index >= 15 is 0 Å². The van der Waals surface area contributed by atoms with Crippen LogP contribution in [0.2, 0.25) is 0 Å². The molecule has 2 rings (SSSR count). The number of hydrogen-bond acceptors (Lipinski definition) is 6. The number of nitrogens with two attached hydrogens (primary N) is 1. The molecule has 3 N–H and O–H groups in total. The maximum absolute atomic E-state index is 8.80. The third kappa shape index (κ3) is 1.95. The van der Waals surface area contributed by atoms with Gasteiger partial charge in [-0.2, -0.15) is 0 Å². The number of aliphatic hydroxyl groups excluding tert-OH is 1. The van der Waals surface area contributed by atoms with E-state index in [4.69, 9.17) is 15.6 Å². The van der Waals surface area contributed by atoms with Crippen molar-refractivity contribution in [3.8, 4) is 0 Å². The van der Waals surface area contributed by atoms with Crippen molar-refractivity contribution in [1.29, 1.82) is 0 Å². The van der Waals surface area contributed by atoms with E-state index in [1.807, 2.05) is 0 Å². The molecule has 0 aromatic carbocycles. The molecule has 0 amide bonds.